The number of aliphatic hydroxyl groups excluding tert-OH is 2. The molecule has 0 aromatic carbocycles. The first-order valence-corrected chi connectivity index (χ1v) is 11.1. The SMILES string of the molecule is CC.C[C@@H]1C[C@H]2C3CCC4=CC(=O)C=CC4(C)[C@@]3(F)C(O)CC2(C)[C@@]1(O)C(=O)CO. The molecule has 0 aromatic rings. The van der Waals surface area contributed by atoms with Gasteiger partial charge in [-0.15, -0.1) is 0 Å². The van der Waals surface area contributed by atoms with Crippen LogP contribution < -0.4 is 0 Å². The van der Waals surface area contributed by atoms with E-state index in [-0.39, 0.29) is 18.1 Å². The molecule has 0 aliphatic heterocycles. The number of ketones is 2. The third-order valence-corrected chi connectivity index (χ3v) is 8.79. The summed E-state index contributed by atoms with van der Waals surface area (Å²) in [5.74, 6) is -2.12. The first kappa shape index (κ1) is 23.3. The highest BCUT2D eigenvalue weighted by molar-refractivity contribution is 6.01. The number of carbonyl (C=O) groups is 2. The van der Waals surface area contributed by atoms with Gasteiger partial charge in [-0.25, -0.2) is 4.39 Å². The molecule has 0 heterocycles. The highest BCUT2D eigenvalue weighted by Gasteiger charge is 2.75. The fourth-order valence-electron chi connectivity index (χ4n) is 7.26. The van der Waals surface area contributed by atoms with E-state index >= 15 is 4.39 Å². The van der Waals surface area contributed by atoms with Crippen molar-refractivity contribution >= 4 is 11.6 Å². The van der Waals surface area contributed by atoms with Crippen molar-refractivity contribution in [1.29, 1.82) is 0 Å². The van der Waals surface area contributed by atoms with Crippen LogP contribution in [-0.4, -0.2) is 50.9 Å². The number of hydrogen-bond acceptors (Lipinski definition) is 5. The molecule has 0 amide bonds. The normalized spacial score (nSPS) is 49.2. The number of alkyl halides is 1. The van der Waals surface area contributed by atoms with Crippen molar-refractivity contribution in [3.05, 3.63) is 23.8 Å². The monoisotopic (exact) mass is 422 g/mol. The van der Waals surface area contributed by atoms with Crippen molar-refractivity contribution in [2.24, 2.45) is 28.6 Å². The summed E-state index contributed by atoms with van der Waals surface area (Å²) in [5.41, 5.74) is -5.17. The molecule has 4 aliphatic carbocycles. The zero-order chi connectivity index (χ0) is 22.7. The third-order valence-electron chi connectivity index (χ3n) is 8.79. The van der Waals surface area contributed by atoms with Gasteiger partial charge in [0.05, 0.1) is 6.10 Å². The molecule has 3 fully saturated rings. The van der Waals surface area contributed by atoms with E-state index in [1.54, 1.807) is 26.8 Å². The van der Waals surface area contributed by atoms with Gasteiger partial charge in [-0.05, 0) is 56.6 Å². The molecule has 168 valence electrons. The lowest BCUT2D eigenvalue weighted by molar-refractivity contribution is -0.219. The van der Waals surface area contributed by atoms with Crippen molar-refractivity contribution in [3.8, 4) is 0 Å². The van der Waals surface area contributed by atoms with Gasteiger partial charge in [0.25, 0.3) is 0 Å². The van der Waals surface area contributed by atoms with E-state index in [4.69, 9.17) is 0 Å². The van der Waals surface area contributed by atoms with E-state index in [2.05, 4.69) is 0 Å². The van der Waals surface area contributed by atoms with Gasteiger partial charge in [0, 0.05) is 16.7 Å². The molecule has 0 radical (unpaired) electrons. The van der Waals surface area contributed by atoms with Gasteiger partial charge < -0.3 is 15.3 Å². The molecule has 6 heteroatoms. The zero-order valence-electron chi connectivity index (χ0n) is 18.6. The molecule has 0 aromatic heterocycles. The molecular weight excluding hydrogens is 387 g/mol. The van der Waals surface area contributed by atoms with Gasteiger partial charge in [0.2, 0.25) is 0 Å². The molecule has 8 atom stereocenters. The molecule has 30 heavy (non-hydrogen) atoms. The summed E-state index contributed by atoms with van der Waals surface area (Å²) in [6, 6.07) is 0. The highest BCUT2D eigenvalue weighted by atomic mass is 19.1. The summed E-state index contributed by atoms with van der Waals surface area (Å²) >= 11 is 0. The van der Waals surface area contributed by atoms with Crippen LogP contribution in [0.25, 0.3) is 0 Å². The minimum Gasteiger partial charge on any atom is -0.390 e. The summed E-state index contributed by atoms with van der Waals surface area (Å²) in [5, 5.41) is 32.0. The number of Topliss-reactive ketones (excluding diaryl/α,β-unsaturated/α-hetero) is 1. The Bertz CT molecular complexity index is 805. The summed E-state index contributed by atoms with van der Waals surface area (Å²) in [6.45, 7) is 8.48. The Hall–Kier alpha value is -1.37. The summed E-state index contributed by atoms with van der Waals surface area (Å²) in [7, 11) is 0. The maximum absolute atomic E-state index is 16.9. The van der Waals surface area contributed by atoms with Gasteiger partial charge in [0.15, 0.2) is 17.2 Å². The van der Waals surface area contributed by atoms with Gasteiger partial charge >= 0.3 is 0 Å². The summed E-state index contributed by atoms with van der Waals surface area (Å²) in [4.78, 5) is 24.4. The van der Waals surface area contributed by atoms with Gasteiger partial charge in [-0.3, -0.25) is 9.59 Å². The molecule has 0 bridgehead atoms. The second kappa shape index (κ2) is 7.35. The van der Waals surface area contributed by atoms with Crippen LogP contribution in [-0.2, 0) is 9.59 Å². The van der Waals surface area contributed by atoms with E-state index in [0.29, 0.717) is 24.8 Å². The number of aliphatic hydroxyl groups is 3. The molecule has 3 saturated carbocycles. The second-order valence-electron chi connectivity index (χ2n) is 9.75. The van der Waals surface area contributed by atoms with Crippen LogP contribution in [0.5, 0.6) is 0 Å². The quantitative estimate of drug-likeness (QED) is 0.636. The predicted octanol–water partition coefficient (Wildman–Crippen LogP) is 2.92. The lowest BCUT2D eigenvalue weighted by Gasteiger charge is -2.62. The van der Waals surface area contributed by atoms with Crippen molar-refractivity contribution in [1.82, 2.24) is 0 Å². The number of allylic oxidation sites excluding steroid dienone is 4. The molecule has 4 aliphatic rings. The largest absolute Gasteiger partial charge is 0.390 e. The van der Waals surface area contributed by atoms with Crippen molar-refractivity contribution in [2.45, 2.75) is 77.7 Å². The van der Waals surface area contributed by atoms with Gasteiger partial charge in [-0.2, -0.15) is 0 Å². The molecule has 0 saturated heterocycles. The Morgan fingerprint density at radius 2 is 1.90 bits per heavy atom. The number of hydrogen-bond donors (Lipinski definition) is 3. The van der Waals surface area contributed by atoms with E-state index in [9.17, 15) is 24.9 Å². The van der Waals surface area contributed by atoms with E-state index in [1.165, 1.54) is 12.2 Å². The maximum atomic E-state index is 16.9. The van der Waals surface area contributed by atoms with E-state index < -0.39 is 52.4 Å². The molecule has 4 rings (SSSR count). The van der Waals surface area contributed by atoms with Gasteiger partial charge in [-0.1, -0.05) is 39.3 Å². The maximum Gasteiger partial charge on any atom is 0.190 e. The predicted molar refractivity (Wildman–Crippen MR) is 111 cm³/mol. The molecule has 4 unspecified atom stereocenters. The van der Waals surface area contributed by atoms with E-state index in [0.717, 1.165) is 0 Å². The number of carbonyl (C=O) groups excluding carboxylic acids is 2. The molecular formula is C24H35FO5. The lowest BCUT2D eigenvalue weighted by Crippen LogP contribution is -2.69. The summed E-state index contributed by atoms with van der Waals surface area (Å²) < 4.78 is 16.9. The van der Waals surface area contributed by atoms with Crippen molar-refractivity contribution in [2.75, 3.05) is 6.61 Å². The van der Waals surface area contributed by atoms with Crippen LogP contribution in [0.2, 0.25) is 0 Å². The Morgan fingerprint density at radius 1 is 1.27 bits per heavy atom. The average Bonchev–Trinajstić information content (AvgIpc) is 2.92. The fourth-order valence-corrected chi connectivity index (χ4v) is 7.26. The Kier molecular flexibility index (Phi) is 5.71. The van der Waals surface area contributed by atoms with Crippen LogP contribution in [0.1, 0.15) is 60.3 Å². The standard InChI is InChI=1S/C22H29FO5.C2H6/c1-12-8-16-15-5-4-13-9-14(25)6-7-19(13,2)21(15,23)17(26)10-20(16,3)22(12,28)18(27)11-24;1-2/h6-7,9,12,15-17,24,26,28H,4-5,8,10-11H2,1-3H3;1-2H3/t12-,15?,16+,17?,19?,20?,21+,22+;/m1./s1. The van der Waals surface area contributed by atoms with Crippen LogP contribution in [0.3, 0.4) is 0 Å². The lowest BCUT2D eigenvalue weighted by atomic mass is 9.44. The molecule has 0 spiro atoms. The Balaban J connectivity index is 0.00000124. The average molecular weight is 423 g/mol. The number of halogens is 1. The first-order chi connectivity index (χ1) is 14.0. The first-order valence-electron chi connectivity index (χ1n) is 11.1. The smallest absolute Gasteiger partial charge is 0.190 e. The minimum atomic E-state index is -1.98. The van der Waals surface area contributed by atoms with Crippen molar-refractivity contribution in [3.63, 3.8) is 0 Å². The van der Waals surface area contributed by atoms with Crippen molar-refractivity contribution < 1.29 is 29.3 Å². The summed E-state index contributed by atoms with van der Waals surface area (Å²) in [6.07, 6.45) is 4.44. The Morgan fingerprint density at radius 3 is 2.50 bits per heavy atom. The van der Waals surface area contributed by atoms with Crippen LogP contribution in [0, 0.1) is 28.6 Å². The zero-order valence-corrected chi connectivity index (χ0v) is 18.6. The van der Waals surface area contributed by atoms with Crippen LogP contribution in [0.4, 0.5) is 4.39 Å². The highest BCUT2D eigenvalue weighted by Crippen LogP contribution is 2.70. The minimum absolute atomic E-state index is 0.0676. The van der Waals surface area contributed by atoms with Crippen LogP contribution >= 0.6 is 0 Å². The van der Waals surface area contributed by atoms with Crippen LogP contribution in [0.15, 0.2) is 23.8 Å². The second-order valence-corrected chi connectivity index (χ2v) is 9.75. The Labute approximate surface area is 178 Å². The topological polar surface area (TPSA) is 94.8 Å². The molecule has 5 nitrogen and oxygen atoms in total. The fraction of sp³-hybridized carbons (Fsp3) is 0.750. The molecule has 3 N–H and O–H groups in total. The van der Waals surface area contributed by atoms with E-state index in [1.807, 2.05) is 13.8 Å². The third kappa shape index (κ3) is 2.56. The van der Waals surface area contributed by atoms with Gasteiger partial charge in [0.1, 0.15) is 12.2 Å². The number of rotatable bonds is 2. The number of fused-ring (bicyclic) bond motifs is 5.